The van der Waals surface area contributed by atoms with Gasteiger partial charge in [-0.15, -0.1) is 0 Å². The quantitative estimate of drug-likeness (QED) is 0.920. The van der Waals surface area contributed by atoms with E-state index in [9.17, 15) is 13.4 Å². The summed E-state index contributed by atoms with van der Waals surface area (Å²) in [6.45, 7) is 0. The molecule has 1 N–H and O–H groups in total. The Morgan fingerprint density at radius 2 is 2.11 bits per heavy atom. The van der Waals surface area contributed by atoms with Crippen LogP contribution in [0.5, 0.6) is 0 Å². The molecule has 7 heteroatoms. The Hall–Kier alpha value is -2.15. The van der Waals surface area contributed by atoms with Crippen LogP contribution < -0.4 is 0 Å². The van der Waals surface area contributed by atoms with Crippen molar-refractivity contribution in [1.82, 2.24) is 9.97 Å². The molecule has 98 valence electrons. The lowest BCUT2D eigenvalue weighted by molar-refractivity contribution is 0.0695. The zero-order chi connectivity index (χ0) is 13.8. The van der Waals surface area contributed by atoms with Crippen molar-refractivity contribution in [3.05, 3.63) is 53.9 Å². The van der Waals surface area contributed by atoms with Gasteiger partial charge in [0.2, 0.25) is 0 Å². The van der Waals surface area contributed by atoms with Gasteiger partial charge < -0.3 is 5.11 Å². The maximum Gasteiger partial charge on any atom is 0.339 e. The highest BCUT2D eigenvalue weighted by molar-refractivity contribution is 7.84. The number of aromatic nitrogens is 2. The van der Waals surface area contributed by atoms with Gasteiger partial charge in [-0.05, 0) is 12.1 Å². The normalized spacial score (nSPS) is 12.1. The fourth-order valence-corrected chi connectivity index (χ4v) is 2.63. The zero-order valence-corrected chi connectivity index (χ0v) is 10.4. The highest BCUT2D eigenvalue weighted by Gasteiger charge is 2.16. The molecule has 0 aliphatic heterocycles. The monoisotopic (exact) mass is 280 g/mol. The topological polar surface area (TPSA) is 80.2 Å². The maximum atomic E-state index is 13.5. The molecule has 0 fully saturated rings. The lowest BCUT2D eigenvalue weighted by Gasteiger charge is -2.05. The first-order valence-electron chi connectivity index (χ1n) is 5.24. The lowest BCUT2D eigenvalue weighted by Crippen LogP contribution is -2.09. The Kier molecular flexibility index (Phi) is 3.96. The predicted molar refractivity (Wildman–Crippen MR) is 65.5 cm³/mol. The van der Waals surface area contributed by atoms with Crippen LogP contribution in [0.1, 0.15) is 16.1 Å². The Labute approximate surface area is 110 Å². The molecule has 0 saturated heterocycles. The SMILES string of the molecule is O=C(O)c1cncnc1CS(=O)c1ccccc1F. The molecular weight excluding hydrogens is 271 g/mol. The van der Waals surface area contributed by atoms with Gasteiger partial charge in [-0.3, -0.25) is 4.21 Å². The molecule has 1 atom stereocenters. The third-order valence-electron chi connectivity index (χ3n) is 2.37. The predicted octanol–water partition coefficient (Wildman–Crippen LogP) is 1.62. The van der Waals surface area contributed by atoms with E-state index >= 15 is 0 Å². The summed E-state index contributed by atoms with van der Waals surface area (Å²) in [5, 5.41) is 8.95. The summed E-state index contributed by atoms with van der Waals surface area (Å²) in [5.74, 6) is -1.97. The van der Waals surface area contributed by atoms with Gasteiger partial charge >= 0.3 is 5.97 Å². The summed E-state index contributed by atoms with van der Waals surface area (Å²) in [6, 6.07) is 5.65. The molecule has 0 radical (unpaired) electrons. The van der Waals surface area contributed by atoms with E-state index in [0.29, 0.717) is 0 Å². The van der Waals surface area contributed by atoms with Crippen molar-refractivity contribution in [2.75, 3.05) is 0 Å². The molecule has 2 aromatic rings. The van der Waals surface area contributed by atoms with Crippen LogP contribution >= 0.6 is 0 Å². The molecule has 0 aliphatic rings. The van der Waals surface area contributed by atoms with Gasteiger partial charge in [-0.1, -0.05) is 12.1 Å². The smallest absolute Gasteiger partial charge is 0.339 e. The average molecular weight is 280 g/mol. The molecule has 0 amide bonds. The van der Waals surface area contributed by atoms with Crippen LogP contribution in [-0.4, -0.2) is 25.3 Å². The van der Waals surface area contributed by atoms with E-state index in [2.05, 4.69) is 9.97 Å². The van der Waals surface area contributed by atoms with Crippen LogP contribution in [0, 0.1) is 5.82 Å². The summed E-state index contributed by atoms with van der Waals surface area (Å²) >= 11 is 0. The third kappa shape index (κ3) is 3.00. The number of carboxylic acids is 1. The van der Waals surface area contributed by atoms with E-state index in [1.165, 1.54) is 24.5 Å². The van der Waals surface area contributed by atoms with Crippen molar-refractivity contribution >= 4 is 16.8 Å². The average Bonchev–Trinajstić information content (AvgIpc) is 2.39. The summed E-state index contributed by atoms with van der Waals surface area (Å²) in [4.78, 5) is 18.4. The van der Waals surface area contributed by atoms with E-state index in [0.717, 1.165) is 6.20 Å². The van der Waals surface area contributed by atoms with Crippen molar-refractivity contribution in [2.45, 2.75) is 10.6 Å². The van der Waals surface area contributed by atoms with E-state index in [-0.39, 0.29) is 21.9 Å². The molecule has 1 unspecified atom stereocenters. The van der Waals surface area contributed by atoms with Crippen molar-refractivity contribution < 1.29 is 18.5 Å². The first-order valence-corrected chi connectivity index (χ1v) is 6.56. The molecule has 0 bridgehead atoms. The van der Waals surface area contributed by atoms with E-state index < -0.39 is 22.6 Å². The van der Waals surface area contributed by atoms with Gasteiger partial charge in [0.25, 0.3) is 0 Å². The number of benzene rings is 1. The van der Waals surface area contributed by atoms with E-state index in [1.807, 2.05) is 0 Å². The van der Waals surface area contributed by atoms with Crippen molar-refractivity contribution in [2.24, 2.45) is 0 Å². The number of hydrogen-bond acceptors (Lipinski definition) is 4. The highest BCUT2D eigenvalue weighted by atomic mass is 32.2. The number of nitrogens with zero attached hydrogens (tertiary/aromatic N) is 2. The minimum atomic E-state index is -1.70. The second-order valence-electron chi connectivity index (χ2n) is 3.61. The summed E-state index contributed by atoms with van der Waals surface area (Å²) in [7, 11) is -1.70. The summed E-state index contributed by atoms with van der Waals surface area (Å²) in [5.41, 5.74) is -0.0173. The number of carboxylic acid groups (broad SMARTS) is 1. The second kappa shape index (κ2) is 5.66. The molecule has 1 heterocycles. The van der Waals surface area contributed by atoms with Gasteiger partial charge in [0.05, 0.1) is 27.1 Å². The molecule has 0 saturated carbocycles. The Balaban J connectivity index is 2.30. The second-order valence-corrected chi connectivity index (χ2v) is 5.03. The first-order chi connectivity index (χ1) is 9.09. The van der Waals surface area contributed by atoms with Crippen molar-refractivity contribution in [3.63, 3.8) is 0 Å². The Bertz CT molecular complexity index is 648. The van der Waals surface area contributed by atoms with E-state index in [1.54, 1.807) is 6.07 Å². The Morgan fingerprint density at radius 1 is 1.37 bits per heavy atom. The number of hydrogen-bond donors (Lipinski definition) is 1. The molecule has 1 aromatic carbocycles. The summed E-state index contributed by atoms with van der Waals surface area (Å²) < 4.78 is 25.5. The molecule has 0 spiro atoms. The number of carbonyl (C=O) groups is 1. The van der Waals surface area contributed by atoms with Crippen LogP contribution in [0.25, 0.3) is 0 Å². The number of aromatic carboxylic acids is 1. The van der Waals surface area contributed by atoms with Crippen LogP contribution in [0.2, 0.25) is 0 Å². The molecule has 1 aromatic heterocycles. The van der Waals surface area contributed by atoms with Gasteiger partial charge in [0.1, 0.15) is 17.7 Å². The third-order valence-corrected chi connectivity index (χ3v) is 3.73. The maximum absolute atomic E-state index is 13.5. The summed E-state index contributed by atoms with van der Waals surface area (Å²) in [6.07, 6.45) is 2.30. The number of rotatable bonds is 4. The lowest BCUT2D eigenvalue weighted by atomic mass is 10.2. The largest absolute Gasteiger partial charge is 0.478 e. The molecule has 0 aliphatic carbocycles. The van der Waals surface area contributed by atoms with Crippen LogP contribution in [0.3, 0.4) is 0 Å². The first kappa shape index (κ1) is 13.3. The van der Waals surface area contributed by atoms with Gasteiger partial charge in [0.15, 0.2) is 0 Å². The number of halogens is 1. The minimum Gasteiger partial charge on any atom is -0.478 e. The minimum absolute atomic E-state index is 0.0254. The van der Waals surface area contributed by atoms with Crippen molar-refractivity contribution in [1.29, 1.82) is 0 Å². The van der Waals surface area contributed by atoms with Crippen LogP contribution in [-0.2, 0) is 16.6 Å². The van der Waals surface area contributed by atoms with Crippen LogP contribution in [0.15, 0.2) is 41.7 Å². The molecular formula is C12H9FN2O3S. The Morgan fingerprint density at radius 3 is 2.79 bits per heavy atom. The van der Waals surface area contributed by atoms with Gasteiger partial charge in [-0.2, -0.15) is 0 Å². The van der Waals surface area contributed by atoms with E-state index in [4.69, 9.17) is 5.11 Å². The highest BCUT2D eigenvalue weighted by Crippen LogP contribution is 2.16. The van der Waals surface area contributed by atoms with Gasteiger partial charge in [-0.25, -0.2) is 19.2 Å². The standard InChI is InChI=1S/C12H9FN2O3S/c13-9-3-1-2-4-11(9)19(18)6-10-8(12(16)17)5-14-7-15-10/h1-5,7H,6H2,(H,16,17). The van der Waals surface area contributed by atoms with Crippen LogP contribution in [0.4, 0.5) is 4.39 Å². The fraction of sp³-hybridized carbons (Fsp3) is 0.0833. The van der Waals surface area contributed by atoms with Gasteiger partial charge in [0, 0.05) is 6.20 Å². The molecule has 5 nitrogen and oxygen atoms in total. The fourth-order valence-electron chi connectivity index (χ4n) is 1.48. The van der Waals surface area contributed by atoms with Crippen molar-refractivity contribution in [3.8, 4) is 0 Å². The molecule has 2 rings (SSSR count). The zero-order valence-electron chi connectivity index (χ0n) is 9.62. The molecule has 19 heavy (non-hydrogen) atoms.